The highest BCUT2D eigenvalue weighted by Crippen LogP contribution is 2.40. The molecule has 0 amide bonds. The zero-order chi connectivity index (χ0) is 11.3. The number of nitrogens with one attached hydrogen (secondary N) is 1. The summed E-state index contributed by atoms with van der Waals surface area (Å²) in [5.74, 6) is 0.540. The quantitative estimate of drug-likeness (QED) is 0.787. The van der Waals surface area contributed by atoms with Crippen molar-refractivity contribution >= 4 is 22.5 Å². The van der Waals surface area contributed by atoms with Crippen molar-refractivity contribution in [2.24, 2.45) is 5.73 Å². The zero-order valence-corrected chi connectivity index (χ0v) is 9.21. The first-order valence-corrected chi connectivity index (χ1v) is 5.46. The van der Waals surface area contributed by atoms with E-state index in [1.54, 1.807) is 18.2 Å². The number of nitrogens with two attached hydrogens (primary N) is 1. The topological polar surface area (TPSA) is 71.8 Å². The summed E-state index contributed by atoms with van der Waals surface area (Å²) in [7, 11) is 0. The number of para-hydroxylation sites is 1. The van der Waals surface area contributed by atoms with Gasteiger partial charge in [0, 0.05) is 0 Å². The van der Waals surface area contributed by atoms with Gasteiger partial charge in [0.25, 0.3) is 5.56 Å². The maximum Gasteiger partial charge on any atom is 0.258 e. The van der Waals surface area contributed by atoms with Crippen LogP contribution in [0.2, 0.25) is 5.02 Å². The number of H-pyrrole nitrogens is 1. The summed E-state index contributed by atoms with van der Waals surface area (Å²) < 4.78 is 0. The van der Waals surface area contributed by atoms with Crippen LogP contribution in [0.3, 0.4) is 0 Å². The van der Waals surface area contributed by atoms with E-state index in [1.807, 2.05) is 0 Å². The monoisotopic (exact) mass is 235 g/mol. The van der Waals surface area contributed by atoms with E-state index in [-0.39, 0.29) is 5.56 Å². The van der Waals surface area contributed by atoms with Crippen LogP contribution in [0.5, 0.6) is 0 Å². The summed E-state index contributed by atoms with van der Waals surface area (Å²) in [5.41, 5.74) is 5.90. The van der Waals surface area contributed by atoms with Crippen LogP contribution in [0.4, 0.5) is 0 Å². The summed E-state index contributed by atoms with van der Waals surface area (Å²) in [6.45, 7) is 0. The van der Waals surface area contributed by atoms with E-state index in [0.29, 0.717) is 21.7 Å². The van der Waals surface area contributed by atoms with E-state index in [0.717, 1.165) is 12.8 Å². The second-order valence-electron chi connectivity index (χ2n) is 4.21. The van der Waals surface area contributed by atoms with E-state index in [1.165, 1.54) is 0 Å². The Morgan fingerprint density at radius 2 is 2.19 bits per heavy atom. The SMILES string of the molecule is NC1(c2nc3c(Cl)cccc3c(=O)[nH]2)CC1. The van der Waals surface area contributed by atoms with E-state index in [2.05, 4.69) is 9.97 Å². The second kappa shape index (κ2) is 3.06. The molecule has 3 N–H and O–H groups in total. The summed E-state index contributed by atoms with van der Waals surface area (Å²) in [5, 5.41) is 0.981. The van der Waals surface area contributed by atoms with E-state index in [4.69, 9.17) is 17.3 Å². The number of rotatable bonds is 1. The minimum Gasteiger partial charge on any atom is -0.319 e. The molecule has 1 aliphatic carbocycles. The molecule has 0 saturated heterocycles. The largest absolute Gasteiger partial charge is 0.319 e. The Hall–Kier alpha value is -1.39. The molecule has 0 atom stereocenters. The van der Waals surface area contributed by atoms with Crippen molar-refractivity contribution in [3.8, 4) is 0 Å². The maximum atomic E-state index is 11.8. The minimum absolute atomic E-state index is 0.181. The molecule has 1 aliphatic rings. The maximum absolute atomic E-state index is 11.8. The highest BCUT2D eigenvalue weighted by atomic mass is 35.5. The van der Waals surface area contributed by atoms with E-state index < -0.39 is 5.54 Å². The highest BCUT2D eigenvalue weighted by Gasteiger charge is 2.42. The smallest absolute Gasteiger partial charge is 0.258 e. The number of nitrogens with zero attached hydrogens (tertiary/aromatic N) is 1. The molecule has 0 radical (unpaired) electrons. The van der Waals surface area contributed by atoms with Crippen LogP contribution in [0.15, 0.2) is 23.0 Å². The van der Waals surface area contributed by atoms with Crippen LogP contribution in [0.1, 0.15) is 18.7 Å². The Balaban J connectivity index is 2.37. The summed E-state index contributed by atoms with van der Waals surface area (Å²) in [6.07, 6.45) is 1.71. The lowest BCUT2D eigenvalue weighted by Gasteiger charge is -2.08. The van der Waals surface area contributed by atoms with Crippen molar-refractivity contribution in [1.82, 2.24) is 9.97 Å². The number of hydrogen-bond acceptors (Lipinski definition) is 3. The van der Waals surface area contributed by atoms with Gasteiger partial charge in [-0.25, -0.2) is 4.98 Å². The highest BCUT2D eigenvalue weighted by molar-refractivity contribution is 6.34. The predicted octanol–water partition coefficient (Wildman–Crippen LogP) is 1.52. The molecule has 1 aromatic carbocycles. The molecule has 16 heavy (non-hydrogen) atoms. The van der Waals surface area contributed by atoms with Crippen LogP contribution < -0.4 is 11.3 Å². The number of aromatic amines is 1. The summed E-state index contributed by atoms with van der Waals surface area (Å²) in [6, 6.07) is 5.15. The van der Waals surface area contributed by atoms with Gasteiger partial charge in [0.1, 0.15) is 5.82 Å². The Morgan fingerprint density at radius 1 is 1.44 bits per heavy atom. The van der Waals surface area contributed by atoms with Gasteiger partial charge < -0.3 is 10.7 Å². The Bertz CT molecular complexity index is 631. The fourth-order valence-electron chi connectivity index (χ4n) is 1.73. The number of fused-ring (bicyclic) bond motifs is 1. The van der Waals surface area contributed by atoms with Gasteiger partial charge >= 0.3 is 0 Å². The van der Waals surface area contributed by atoms with Gasteiger partial charge in [0.05, 0.1) is 21.5 Å². The molecular formula is C11H10ClN3O. The van der Waals surface area contributed by atoms with Crippen molar-refractivity contribution in [3.63, 3.8) is 0 Å². The standard InChI is InChI=1S/C11H10ClN3O/c12-7-3-1-2-6-8(7)14-10(15-9(6)16)11(13)4-5-11/h1-3H,4-5,13H2,(H,14,15,16). The molecule has 3 rings (SSSR count). The van der Waals surface area contributed by atoms with E-state index >= 15 is 0 Å². The normalized spacial score (nSPS) is 17.6. The fourth-order valence-corrected chi connectivity index (χ4v) is 1.95. The van der Waals surface area contributed by atoms with Crippen LogP contribution >= 0.6 is 11.6 Å². The Morgan fingerprint density at radius 3 is 2.88 bits per heavy atom. The lowest BCUT2D eigenvalue weighted by molar-refractivity contribution is 0.673. The van der Waals surface area contributed by atoms with Crippen LogP contribution in [0.25, 0.3) is 10.9 Å². The average molecular weight is 236 g/mol. The van der Waals surface area contributed by atoms with Gasteiger partial charge in [0.2, 0.25) is 0 Å². The van der Waals surface area contributed by atoms with E-state index in [9.17, 15) is 4.79 Å². The second-order valence-corrected chi connectivity index (χ2v) is 4.61. The van der Waals surface area contributed by atoms with Crippen molar-refractivity contribution in [2.75, 3.05) is 0 Å². The lowest BCUT2D eigenvalue weighted by atomic mass is 10.2. The number of benzene rings is 1. The molecule has 82 valence electrons. The molecular weight excluding hydrogens is 226 g/mol. The molecule has 1 fully saturated rings. The first kappa shape index (κ1) is 9.81. The van der Waals surface area contributed by atoms with Crippen molar-refractivity contribution < 1.29 is 0 Å². The molecule has 1 aromatic heterocycles. The van der Waals surface area contributed by atoms with Crippen LogP contribution in [0, 0.1) is 0 Å². The van der Waals surface area contributed by atoms with Gasteiger partial charge in [-0.2, -0.15) is 0 Å². The molecule has 1 saturated carbocycles. The third-order valence-corrected chi connectivity index (χ3v) is 3.25. The molecule has 5 heteroatoms. The summed E-state index contributed by atoms with van der Waals surface area (Å²) >= 11 is 6.02. The number of halogens is 1. The molecule has 2 aromatic rings. The van der Waals surface area contributed by atoms with Crippen molar-refractivity contribution in [3.05, 3.63) is 39.4 Å². The number of aromatic nitrogens is 2. The molecule has 0 aliphatic heterocycles. The van der Waals surface area contributed by atoms with Gasteiger partial charge in [0.15, 0.2) is 0 Å². The molecule has 1 heterocycles. The third-order valence-electron chi connectivity index (χ3n) is 2.95. The van der Waals surface area contributed by atoms with Gasteiger partial charge in [-0.05, 0) is 25.0 Å². The van der Waals surface area contributed by atoms with Crippen LogP contribution in [-0.2, 0) is 5.54 Å². The lowest BCUT2D eigenvalue weighted by Crippen LogP contribution is -2.26. The predicted molar refractivity (Wildman–Crippen MR) is 62.5 cm³/mol. The zero-order valence-electron chi connectivity index (χ0n) is 8.46. The van der Waals surface area contributed by atoms with Gasteiger partial charge in [-0.1, -0.05) is 17.7 Å². The molecule has 0 unspecified atom stereocenters. The van der Waals surface area contributed by atoms with Gasteiger partial charge in [-0.3, -0.25) is 4.79 Å². The number of hydrogen-bond donors (Lipinski definition) is 2. The molecule has 0 bridgehead atoms. The molecule has 4 nitrogen and oxygen atoms in total. The van der Waals surface area contributed by atoms with Crippen molar-refractivity contribution in [2.45, 2.75) is 18.4 Å². The molecule has 0 spiro atoms. The first-order chi connectivity index (χ1) is 7.60. The summed E-state index contributed by atoms with van der Waals surface area (Å²) in [4.78, 5) is 18.9. The third kappa shape index (κ3) is 1.34. The minimum atomic E-state index is -0.452. The first-order valence-electron chi connectivity index (χ1n) is 5.08. The van der Waals surface area contributed by atoms with Crippen molar-refractivity contribution in [1.29, 1.82) is 0 Å². The van der Waals surface area contributed by atoms with Gasteiger partial charge in [-0.15, -0.1) is 0 Å². The Labute approximate surface area is 96.4 Å². The Kier molecular flexibility index (Phi) is 1.87. The fraction of sp³-hybridized carbons (Fsp3) is 0.273. The average Bonchev–Trinajstić information content (AvgIpc) is 2.99. The van der Waals surface area contributed by atoms with Crippen LogP contribution in [-0.4, -0.2) is 9.97 Å².